The summed E-state index contributed by atoms with van der Waals surface area (Å²) in [5.41, 5.74) is 6.52. The number of rotatable bonds is 2. The number of fused-ring (bicyclic) bond motifs is 1. The molecule has 0 radical (unpaired) electrons. The highest BCUT2D eigenvalue weighted by atomic mass is 32.2. The molecule has 1 aromatic carbocycles. The summed E-state index contributed by atoms with van der Waals surface area (Å²) in [6.07, 6.45) is 1.41. The Kier molecular flexibility index (Phi) is 3.54. The quantitative estimate of drug-likeness (QED) is 0.564. The maximum Gasteiger partial charge on any atom is 0.142 e. The van der Waals surface area contributed by atoms with E-state index in [2.05, 4.69) is 9.97 Å². The lowest BCUT2D eigenvalue weighted by Crippen LogP contribution is -1.94. The fraction of sp³-hybridized carbons (Fsp3) is 0.143. The van der Waals surface area contributed by atoms with E-state index in [1.807, 2.05) is 13.8 Å². The average Bonchev–Trinajstić information content (AvgIpc) is 2.70. The van der Waals surface area contributed by atoms with Gasteiger partial charge in [0.25, 0.3) is 0 Å². The summed E-state index contributed by atoms with van der Waals surface area (Å²) in [7, 11) is 0. The van der Waals surface area contributed by atoms with E-state index < -0.39 is 11.6 Å². The monoisotopic (exact) mass is 323 g/mol. The lowest BCUT2D eigenvalue weighted by atomic mass is 10.2. The molecule has 0 aliphatic heterocycles. The molecular weight excluding hydrogens is 312 g/mol. The van der Waals surface area contributed by atoms with Crippen LogP contribution in [0.3, 0.4) is 0 Å². The van der Waals surface area contributed by atoms with Crippen LogP contribution in [0.4, 0.5) is 14.5 Å². The Morgan fingerprint density at radius 3 is 2.48 bits per heavy atom. The van der Waals surface area contributed by atoms with Crippen molar-refractivity contribution in [1.82, 2.24) is 9.97 Å². The van der Waals surface area contributed by atoms with Gasteiger partial charge in [-0.15, -0.1) is 11.3 Å². The summed E-state index contributed by atoms with van der Waals surface area (Å²) < 4.78 is 27.8. The molecule has 3 aromatic rings. The third kappa shape index (κ3) is 2.47. The zero-order chi connectivity index (χ0) is 15.1. The highest BCUT2D eigenvalue weighted by Crippen LogP contribution is 2.39. The van der Waals surface area contributed by atoms with Gasteiger partial charge in [-0.1, -0.05) is 11.8 Å². The normalized spacial score (nSPS) is 11.2. The van der Waals surface area contributed by atoms with Crippen molar-refractivity contribution in [2.45, 2.75) is 23.8 Å². The summed E-state index contributed by atoms with van der Waals surface area (Å²) in [6.45, 7) is 3.94. The van der Waals surface area contributed by atoms with E-state index in [1.54, 1.807) is 11.3 Å². The summed E-state index contributed by atoms with van der Waals surface area (Å²) in [5.74, 6) is -1.37. The second kappa shape index (κ2) is 5.23. The summed E-state index contributed by atoms with van der Waals surface area (Å²) in [5, 5.41) is 1.39. The van der Waals surface area contributed by atoms with E-state index in [0.717, 1.165) is 44.6 Å². The standard InChI is InChI=1S/C14H11F2N3S2/c1-6-7(2)20-13-11(6)14(19-5-18-13)21-12-9(15)3-8(17)4-10(12)16/h3-5H,17H2,1-2H3. The van der Waals surface area contributed by atoms with Crippen molar-refractivity contribution in [3.8, 4) is 0 Å². The Morgan fingerprint density at radius 2 is 1.81 bits per heavy atom. The summed E-state index contributed by atoms with van der Waals surface area (Å²) >= 11 is 2.50. The van der Waals surface area contributed by atoms with Gasteiger partial charge in [-0.05, 0) is 31.5 Å². The van der Waals surface area contributed by atoms with Crippen LogP contribution in [0.25, 0.3) is 10.2 Å². The first kappa shape index (κ1) is 14.2. The zero-order valence-electron chi connectivity index (χ0n) is 11.3. The maximum absolute atomic E-state index is 13.9. The lowest BCUT2D eigenvalue weighted by Gasteiger charge is -2.06. The van der Waals surface area contributed by atoms with Gasteiger partial charge in [-0.3, -0.25) is 0 Å². The molecule has 0 unspecified atom stereocenters. The largest absolute Gasteiger partial charge is 0.399 e. The Bertz CT molecular complexity index is 823. The van der Waals surface area contributed by atoms with Crippen LogP contribution in [0.5, 0.6) is 0 Å². The van der Waals surface area contributed by atoms with E-state index in [0.29, 0.717) is 5.03 Å². The van der Waals surface area contributed by atoms with Crippen LogP contribution in [0, 0.1) is 25.5 Å². The second-order valence-electron chi connectivity index (χ2n) is 4.56. The number of hydrogen-bond acceptors (Lipinski definition) is 5. The maximum atomic E-state index is 13.9. The number of benzene rings is 1. The average molecular weight is 323 g/mol. The molecule has 3 nitrogen and oxygen atoms in total. The first-order valence-corrected chi connectivity index (χ1v) is 7.73. The van der Waals surface area contributed by atoms with Crippen LogP contribution in [0.1, 0.15) is 10.4 Å². The van der Waals surface area contributed by atoms with Crippen LogP contribution in [0.15, 0.2) is 28.4 Å². The lowest BCUT2D eigenvalue weighted by molar-refractivity contribution is 0.541. The molecule has 21 heavy (non-hydrogen) atoms. The van der Waals surface area contributed by atoms with E-state index in [1.165, 1.54) is 6.33 Å². The van der Waals surface area contributed by atoms with Crippen molar-refractivity contribution >= 4 is 39.0 Å². The SMILES string of the molecule is Cc1sc2ncnc(Sc3c(F)cc(N)cc3F)c2c1C. The van der Waals surface area contributed by atoms with Crippen molar-refractivity contribution in [3.63, 3.8) is 0 Å². The molecule has 0 saturated carbocycles. The Morgan fingerprint density at radius 1 is 1.14 bits per heavy atom. The predicted octanol–water partition coefficient (Wildman–Crippen LogP) is 4.32. The first-order chi connectivity index (χ1) is 9.97. The van der Waals surface area contributed by atoms with Crippen molar-refractivity contribution in [2.75, 3.05) is 5.73 Å². The number of halogens is 2. The fourth-order valence-electron chi connectivity index (χ4n) is 2.00. The van der Waals surface area contributed by atoms with Gasteiger partial charge in [0.1, 0.15) is 27.8 Å². The van der Waals surface area contributed by atoms with Crippen molar-refractivity contribution in [2.24, 2.45) is 0 Å². The highest BCUT2D eigenvalue weighted by molar-refractivity contribution is 7.99. The van der Waals surface area contributed by atoms with Crippen LogP contribution < -0.4 is 5.73 Å². The van der Waals surface area contributed by atoms with E-state index in [9.17, 15) is 8.78 Å². The van der Waals surface area contributed by atoms with Gasteiger partial charge in [0.05, 0.1) is 4.90 Å². The third-order valence-corrected chi connectivity index (χ3v) is 5.36. The topological polar surface area (TPSA) is 51.8 Å². The van der Waals surface area contributed by atoms with E-state index >= 15 is 0 Å². The van der Waals surface area contributed by atoms with Gasteiger partial charge in [0.2, 0.25) is 0 Å². The van der Waals surface area contributed by atoms with Crippen molar-refractivity contribution in [1.29, 1.82) is 0 Å². The minimum atomic E-state index is -0.686. The van der Waals surface area contributed by atoms with E-state index in [-0.39, 0.29) is 10.6 Å². The van der Waals surface area contributed by atoms with Gasteiger partial charge in [-0.25, -0.2) is 18.7 Å². The molecule has 3 rings (SSSR count). The highest BCUT2D eigenvalue weighted by Gasteiger charge is 2.17. The van der Waals surface area contributed by atoms with E-state index in [4.69, 9.17) is 5.73 Å². The molecule has 0 bridgehead atoms. The molecule has 2 heterocycles. The molecule has 108 valence electrons. The minimum Gasteiger partial charge on any atom is -0.399 e. The Balaban J connectivity index is 2.15. The zero-order valence-corrected chi connectivity index (χ0v) is 12.9. The molecule has 0 aliphatic carbocycles. The number of hydrogen-bond donors (Lipinski definition) is 1. The van der Waals surface area contributed by atoms with Crippen molar-refractivity contribution in [3.05, 3.63) is 40.5 Å². The summed E-state index contributed by atoms with van der Waals surface area (Å²) in [4.78, 5) is 10.2. The number of aromatic nitrogens is 2. The first-order valence-electron chi connectivity index (χ1n) is 6.10. The molecule has 0 atom stereocenters. The molecule has 0 saturated heterocycles. The smallest absolute Gasteiger partial charge is 0.142 e. The van der Waals surface area contributed by atoms with Gasteiger partial charge in [0.15, 0.2) is 0 Å². The molecule has 0 fully saturated rings. The second-order valence-corrected chi connectivity index (χ2v) is 6.76. The summed E-state index contributed by atoms with van der Waals surface area (Å²) in [6, 6.07) is 2.21. The number of nitrogen functional groups attached to an aromatic ring is 1. The van der Waals surface area contributed by atoms with Gasteiger partial charge in [-0.2, -0.15) is 0 Å². The molecule has 0 amide bonds. The number of nitrogens with two attached hydrogens (primary N) is 1. The fourth-order valence-corrected chi connectivity index (χ4v) is 4.02. The number of thiophene rings is 1. The van der Waals surface area contributed by atoms with Crippen molar-refractivity contribution < 1.29 is 8.78 Å². The van der Waals surface area contributed by atoms with Crippen LogP contribution in [-0.2, 0) is 0 Å². The van der Waals surface area contributed by atoms with Crippen LogP contribution in [-0.4, -0.2) is 9.97 Å². The minimum absolute atomic E-state index is 0.0599. The number of nitrogens with zero attached hydrogens (tertiary/aromatic N) is 2. The number of anilines is 1. The molecule has 0 aliphatic rings. The Labute approximate surface area is 128 Å². The van der Waals surface area contributed by atoms with Gasteiger partial charge < -0.3 is 5.73 Å². The molecule has 2 N–H and O–H groups in total. The van der Waals surface area contributed by atoms with Crippen LogP contribution in [0.2, 0.25) is 0 Å². The van der Waals surface area contributed by atoms with Crippen LogP contribution >= 0.6 is 23.1 Å². The van der Waals surface area contributed by atoms with Gasteiger partial charge >= 0.3 is 0 Å². The Hall–Kier alpha value is -1.73. The number of aryl methyl sites for hydroxylation is 2. The molecule has 2 aromatic heterocycles. The molecule has 7 heteroatoms. The predicted molar refractivity (Wildman–Crippen MR) is 81.8 cm³/mol. The third-order valence-electron chi connectivity index (χ3n) is 3.15. The molecule has 0 spiro atoms. The molecular formula is C14H11F2N3S2. The van der Waals surface area contributed by atoms with Gasteiger partial charge in [0, 0.05) is 16.0 Å².